The Balaban J connectivity index is 1.25. The zero-order valence-electron chi connectivity index (χ0n) is 24.1. The lowest BCUT2D eigenvalue weighted by molar-refractivity contribution is -0.384. The largest absolute Gasteiger partial charge is 0.497 e. The Morgan fingerprint density at radius 1 is 1.04 bits per heavy atom. The van der Waals surface area contributed by atoms with E-state index in [0.717, 1.165) is 56.6 Å². The Labute approximate surface area is 270 Å². The molecule has 1 aliphatic carbocycles. The van der Waals surface area contributed by atoms with Gasteiger partial charge in [0.2, 0.25) is 0 Å². The Kier molecular flexibility index (Phi) is 7.68. The van der Waals surface area contributed by atoms with Crippen molar-refractivity contribution >= 4 is 44.7 Å². The van der Waals surface area contributed by atoms with Crippen LogP contribution in [0.3, 0.4) is 0 Å². The summed E-state index contributed by atoms with van der Waals surface area (Å²) in [5.41, 5.74) is 7.13. The van der Waals surface area contributed by atoms with E-state index >= 15 is 0 Å². The molecule has 10 heteroatoms. The van der Waals surface area contributed by atoms with E-state index in [4.69, 9.17) is 14.5 Å². The summed E-state index contributed by atoms with van der Waals surface area (Å²) in [6, 6.07) is 28.0. The van der Waals surface area contributed by atoms with Crippen LogP contribution >= 0.6 is 27.3 Å². The Hall–Kier alpha value is -4.80. The molecule has 1 aromatic heterocycles. The average molecular weight is 681 g/mol. The number of hydrogen-bond donors (Lipinski definition) is 0. The third-order valence-corrected chi connectivity index (χ3v) is 9.70. The summed E-state index contributed by atoms with van der Waals surface area (Å²) in [5, 5.41) is 10.9. The number of aromatic nitrogens is 1. The number of hydrogen-bond acceptors (Lipinski definition) is 7. The molecule has 0 saturated heterocycles. The molecule has 5 aromatic rings. The molecule has 0 amide bonds. The highest BCUT2D eigenvalue weighted by Crippen LogP contribution is 2.41. The molecule has 0 unspecified atom stereocenters. The number of halogens is 1. The number of allylic oxidation sites excluding steroid dienone is 1. The van der Waals surface area contributed by atoms with Gasteiger partial charge in [-0.2, -0.15) is 0 Å². The first-order valence-electron chi connectivity index (χ1n) is 14.3. The Morgan fingerprint density at radius 3 is 2.56 bits per heavy atom. The lowest BCUT2D eigenvalue weighted by Gasteiger charge is -2.30. The van der Waals surface area contributed by atoms with Gasteiger partial charge in [-0.05, 0) is 99.1 Å². The van der Waals surface area contributed by atoms with Crippen molar-refractivity contribution < 1.29 is 14.4 Å². The van der Waals surface area contributed by atoms with Crippen LogP contribution in [0.15, 0.2) is 111 Å². The lowest BCUT2D eigenvalue weighted by atomic mass is 9.83. The first kappa shape index (κ1) is 28.9. The molecule has 7 rings (SSSR count). The van der Waals surface area contributed by atoms with Gasteiger partial charge < -0.3 is 9.47 Å². The number of rotatable bonds is 7. The minimum atomic E-state index is -0.427. The molecule has 0 spiro atoms. The first-order valence-corrected chi connectivity index (χ1v) is 15.9. The van der Waals surface area contributed by atoms with Crippen molar-refractivity contribution in [3.05, 3.63) is 159 Å². The first-order chi connectivity index (χ1) is 21.9. The molecule has 1 atom stereocenters. The van der Waals surface area contributed by atoms with Crippen LogP contribution in [0.1, 0.15) is 40.3 Å². The van der Waals surface area contributed by atoms with Crippen molar-refractivity contribution in [3.63, 3.8) is 0 Å². The van der Waals surface area contributed by atoms with Gasteiger partial charge in [0.1, 0.15) is 18.1 Å². The van der Waals surface area contributed by atoms with Crippen molar-refractivity contribution in [2.24, 2.45) is 4.99 Å². The van der Waals surface area contributed by atoms with E-state index < -0.39 is 4.92 Å². The van der Waals surface area contributed by atoms with Crippen molar-refractivity contribution in [3.8, 4) is 11.5 Å². The minimum absolute atomic E-state index is 0.0369. The number of thiazole rings is 1. The normalized spacial score (nSPS) is 15.5. The number of nitro benzene ring substituents is 1. The van der Waals surface area contributed by atoms with Crippen molar-refractivity contribution in [1.82, 2.24) is 4.57 Å². The summed E-state index contributed by atoms with van der Waals surface area (Å²) in [5.74, 6) is 1.39. The van der Waals surface area contributed by atoms with Crippen LogP contribution in [-0.4, -0.2) is 16.6 Å². The molecule has 0 bridgehead atoms. The zero-order chi connectivity index (χ0) is 31.1. The lowest BCUT2D eigenvalue weighted by Crippen LogP contribution is -2.38. The third kappa shape index (κ3) is 5.51. The molecule has 1 aliphatic heterocycles. The number of fused-ring (bicyclic) bond motifs is 3. The summed E-state index contributed by atoms with van der Waals surface area (Å²) in [6.07, 6.45) is 3.61. The maximum atomic E-state index is 14.1. The summed E-state index contributed by atoms with van der Waals surface area (Å²) in [7, 11) is 1.65. The number of aryl methyl sites for hydroxylation is 1. The van der Waals surface area contributed by atoms with Gasteiger partial charge in [0.05, 0.1) is 32.8 Å². The zero-order valence-corrected chi connectivity index (χ0v) is 26.5. The second-order valence-corrected chi connectivity index (χ2v) is 12.7. The quantitative estimate of drug-likeness (QED) is 0.143. The van der Waals surface area contributed by atoms with Crippen LogP contribution in [0.4, 0.5) is 5.69 Å². The molecule has 45 heavy (non-hydrogen) atoms. The topological polar surface area (TPSA) is 96.0 Å². The molecule has 8 nitrogen and oxygen atoms in total. The van der Waals surface area contributed by atoms with Crippen LogP contribution in [0.2, 0.25) is 0 Å². The van der Waals surface area contributed by atoms with Gasteiger partial charge in [-0.1, -0.05) is 53.8 Å². The highest BCUT2D eigenvalue weighted by atomic mass is 79.9. The maximum absolute atomic E-state index is 14.1. The predicted octanol–water partition coefficient (Wildman–Crippen LogP) is 6.58. The highest BCUT2D eigenvalue weighted by molar-refractivity contribution is 9.10. The van der Waals surface area contributed by atoms with Gasteiger partial charge in [0, 0.05) is 17.7 Å². The number of nitro groups is 1. The molecule has 224 valence electrons. The number of benzene rings is 4. The smallest absolute Gasteiger partial charge is 0.271 e. The van der Waals surface area contributed by atoms with E-state index in [-0.39, 0.29) is 23.9 Å². The van der Waals surface area contributed by atoms with E-state index in [2.05, 4.69) is 34.1 Å². The van der Waals surface area contributed by atoms with Crippen LogP contribution in [0.5, 0.6) is 11.5 Å². The molecule has 0 saturated carbocycles. The van der Waals surface area contributed by atoms with Crippen LogP contribution in [0, 0.1) is 10.1 Å². The Morgan fingerprint density at radius 2 is 1.82 bits per heavy atom. The summed E-state index contributed by atoms with van der Waals surface area (Å²) in [4.78, 5) is 30.3. The Bertz CT molecular complexity index is 2170. The molecule has 0 radical (unpaired) electrons. The molecule has 2 heterocycles. The summed E-state index contributed by atoms with van der Waals surface area (Å²) < 4.78 is 14.5. The van der Waals surface area contributed by atoms with E-state index in [1.165, 1.54) is 29.0 Å². The van der Waals surface area contributed by atoms with Crippen molar-refractivity contribution in [2.45, 2.75) is 25.5 Å². The fourth-order valence-corrected chi connectivity index (χ4v) is 7.37. The van der Waals surface area contributed by atoms with Crippen molar-refractivity contribution in [2.75, 3.05) is 7.11 Å². The van der Waals surface area contributed by atoms with Gasteiger partial charge in [0.15, 0.2) is 4.80 Å². The number of non-ortho nitro benzene ring substituents is 1. The van der Waals surface area contributed by atoms with Gasteiger partial charge >= 0.3 is 0 Å². The van der Waals surface area contributed by atoms with Crippen LogP contribution in [-0.2, 0) is 13.0 Å². The monoisotopic (exact) mass is 679 g/mol. The molecular formula is C35H26BrN3O5S. The van der Waals surface area contributed by atoms with Gasteiger partial charge in [-0.3, -0.25) is 19.5 Å². The number of methoxy groups -OCH3 is 1. The van der Waals surface area contributed by atoms with Gasteiger partial charge in [-0.25, -0.2) is 4.99 Å². The van der Waals surface area contributed by atoms with E-state index in [1.54, 1.807) is 19.2 Å². The predicted molar refractivity (Wildman–Crippen MR) is 177 cm³/mol. The fraction of sp³-hybridized carbons (Fsp3) is 0.143. The third-order valence-electron chi connectivity index (χ3n) is 8.10. The molecular weight excluding hydrogens is 654 g/mol. The second-order valence-electron chi connectivity index (χ2n) is 10.8. The molecule has 0 N–H and O–H groups in total. The van der Waals surface area contributed by atoms with Gasteiger partial charge in [0.25, 0.3) is 11.2 Å². The van der Waals surface area contributed by atoms with Crippen LogP contribution in [0.25, 0.3) is 11.8 Å². The summed E-state index contributed by atoms with van der Waals surface area (Å²) >= 11 is 4.99. The molecule has 4 aromatic carbocycles. The van der Waals surface area contributed by atoms with E-state index in [9.17, 15) is 14.9 Å². The van der Waals surface area contributed by atoms with Gasteiger partial charge in [-0.15, -0.1) is 0 Å². The second kappa shape index (κ2) is 11.9. The standard InChI is InChI=1S/C35H26BrN3O5S/c1-43-26-14-9-24(10-15-26)33-28-16-11-23-4-2-3-5-27(23)32(28)37-35-38(33)34(40)31(45-35)19-22-8-17-30(29(36)18-22)44-20-21-6-12-25(13-7-21)39(41)42/h2-10,12-15,17-19,33H,11,16,20H2,1H3/b31-19-/t33-/m1/s1. The SMILES string of the molecule is COc1ccc([C@@H]2C3=C(N=c4s/c(=C\c5ccc(OCc6ccc([N+](=O)[O-])cc6)c(Br)c5)c(=O)n42)c2ccccc2CC3)cc1. The molecule has 0 fully saturated rings. The van der Waals surface area contributed by atoms with Crippen LogP contribution < -0.4 is 24.4 Å². The highest BCUT2D eigenvalue weighted by Gasteiger charge is 2.32. The number of ether oxygens (including phenoxy) is 2. The maximum Gasteiger partial charge on any atom is 0.271 e. The minimum Gasteiger partial charge on any atom is -0.497 e. The fourth-order valence-electron chi connectivity index (χ4n) is 5.86. The van der Waals surface area contributed by atoms with E-state index in [1.807, 2.05) is 59.2 Å². The van der Waals surface area contributed by atoms with E-state index in [0.29, 0.717) is 15.1 Å². The average Bonchev–Trinajstić information content (AvgIpc) is 3.37. The summed E-state index contributed by atoms with van der Waals surface area (Å²) in [6.45, 7) is 0.258. The molecule has 2 aliphatic rings. The van der Waals surface area contributed by atoms with Crippen molar-refractivity contribution in [1.29, 1.82) is 0 Å². The number of nitrogens with zero attached hydrogens (tertiary/aromatic N) is 3.